The van der Waals surface area contributed by atoms with Crippen molar-refractivity contribution in [2.75, 3.05) is 5.32 Å². The maximum Gasteiger partial charge on any atom is 0.285 e. The molecule has 1 amide bonds. The van der Waals surface area contributed by atoms with E-state index < -0.39 is 16.4 Å². The van der Waals surface area contributed by atoms with Crippen LogP contribution < -0.4 is 10.9 Å². The molecule has 1 aromatic carbocycles. The van der Waals surface area contributed by atoms with Crippen LogP contribution in [0.2, 0.25) is 0 Å². The molecule has 0 spiro atoms. The molecule has 0 aliphatic heterocycles. The quantitative estimate of drug-likeness (QED) is 0.581. The molecule has 3 rings (SSSR count). The maximum absolute atomic E-state index is 12.0. The van der Waals surface area contributed by atoms with Crippen molar-refractivity contribution in [2.24, 2.45) is 0 Å². The van der Waals surface area contributed by atoms with Crippen LogP contribution in [0.15, 0.2) is 47.4 Å². The zero-order valence-electron chi connectivity index (χ0n) is 11.6. The minimum absolute atomic E-state index is 0.252. The molecule has 0 unspecified atom stereocenters. The highest BCUT2D eigenvalue weighted by atomic mass is 32.1. The largest absolute Gasteiger partial charge is 0.300 e. The Bertz CT molecular complexity index is 930. The van der Waals surface area contributed by atoms with E-state index in [2.05, 4.69) is 10.3 Å². The van der Waals surface area contributed by atoms with E-state index in [1.165, 1.54) is 11.3 Å². The Labute approximate surface area is 133 Å². The highest BCUT2D eigenvalue weighted by Crippen LogP contribution is 2.25. The number of rotatable bonds is 4. The second-order valence-corrected chi connectivity index (χ2v) is 5.68. The van der Waals surface area contributed by atoms with Gasteiger partial charge in [0.15, 0.2) is 5.13 Å². The Morgan fingerprint density at radius 3 is 2.83 bits per heavy atom. The molecule has 0 saturated heterocycles. The second kappa shape index (κ2) is 5.97. The van der Waals surface area contributed by atoms with Gasteiger partial charge in [0.2, 0.25) is 5.91 Å². The van der Waals surface area contributed by atoms with Crippen LogP contribution in [0.5, 0.6) is 0 Å². The average molecular weight is 330 g/mol. The molecule has 2 heterocycles. The zero-order valence-corrected chi connectivity index (χ0v) is 12.4. The maximum atomic E-state index is 12.0. The van der Waals surface area contributed by atoms with Gasteiger partial charge in [-0.2, -0.15) is 0 Å². The first-order chi connectivity index (χ1) is 11.0. The van der Waals surface area contributed by atoms with Gasteiger partial charge in [-0.15, -0.1) is 0 Å². The number of nitrogens with one attached hydrogen (secondary N) is 1. The summed E-state index contributed by atoms with van der Waals surface area (Å²) in [4.78, 5) is 38.0. The zero-order chi connectivity index (χ0) is 16.4. The molecular weight excluding hydrogens is 320 g/mol. The van der Waals surface area contributed by atoms with E-state index in [4.69, 9.17) is 0 Å². The van der Waals surface area contributed by atoms with E-state index >= 15 is 0 Å². The van der Waals surface area contributed by atoms with Crippen molar-refractivity contribution < 1.29 is 9.72 Å². The van der Waals surface area contributed by atoms with Crippen molar-refractivity contribution in [1.29, 1.82) is 0 Å². The topological polar surface area (TPSA) is 107 Å². The third kappa shape index (κ3) is 3.24. The Morgan fingerprint density at radius 2 is 2.09 bits per heavy atom. The summed E-state index contributed by atoms with van der Waals surface area (Å²) in [6, 6.07) is 9.58. The third-order valence-electron chi connectivity index (χ3n) is 3.03. The Morgan fingerprint density at radius 1 is 1.30 bits per heavy atom. The summed E-state index contributed by atoms with van der Waals surface area (Å²) in [5, 5.41) is 13.7. The summed E-state index contributed by atoms with van der Waals surface area (Å²) in [5.74, 6) is -0.480. The lowest BCUT2D eigenvalue weighted by Gasteiger charge is -2.04. The molecule has 9 heteroatoms. The fraction of sp³-hybridized carbons (Fsp3) is 0.0714. The molecule has 0 aliphatic carbocycles. The summed E-state index contributed by atoms with van der Waals surface area (Å²) < 4.78 is 1.91. The number of nitrogens with zero attached hydrogens (tertiary/aromatic N) is 3. The smallest absolute Gasteiger partial charge is 0.285 e. The van der Waals surface area contributed by atoms with Gasteiger partial charge in [0.25, 0.3) is 11.2 Å². The summed E-state index contributed by atoms with van der Waals surface area (Å²) in [6.07, 6.45) is 1.04. The number of para-hydroxylation sites is 1. The van der Waals surface area contributed by atoms with Gasteiger partial charge in [-0.05, 0) is 12.1 Å². The van der Waals surface area contributed by atoms with Crippen LogP contribution >= 0.6 is 11.3 Å². The Hall–Kier alpha value is -3.07. The highest BCUT2D eigenvalue weighted by molar-refractivity contribution is 7.22. The molecule has 0 fully saturated rings. The molecule has 0 atom stereocenters. The lowest BCUT2D eigenvalue weighted by atomic mass is 10.3. The normalized spacial score (nSPS) is 10.6. The number of thiazole rings is 1. The lowest BCUT2D eigenvalue weighted by Crippen LogP contribution is -2.26. The molecule has 23 heavy (non-hydrogen) atoms. The molecule has 0 radical (unpaired) electrons. The second-order valence-electron chi connectivity index (χ2n) is 4.65. The van der Waals surface area contributed by atoms with Crippen molar-refractivity contribution in [2.45, 2.75) is 6.54 Å². The SMILES string of the molecule is O=C(Cn1cc([N+](=O)[O-])ccc1=O)Nc1nc2ccccc2s1. The predicted octanol–water partition coefficient (Wildman–Crippen LogP) is 2.00. The van der Waals surface area contributed by atoms with Gasteiger partial charge in [-0.1, -0.05) is 23.5 Å². The van der Waals surface area contributed by atoms with Crippen LogP contribution in [0, 0.1) is 10.1 Å². The molecule has 3 aromatic rings. The molecule has 116 valence electrons. The summed E-state index contributed by atoms with van der Waals surface area (Å²) in [6.45, 7) is -0.323. The van der Waals surface area contributed by atoms with Crippen molar-refractivity contribution in [3.05, 3.63) is 63.1 Å². The molecular formula is C14H10N4O4S. The Kier molecular flexibility index (Phi) is 3.85. The number of benzene rings is 1. The number of hydrogen-bond donors (Lipinski definition) is 1. The van der Waals surface area contributed by atoms with Crippen LogP contribution in [0.1, 0.15) is 0 Å². The van der Waals surface area contributed by atoms with Gasteiger partial charge >= 0.3 is 0 Å². The number of pyridine rings is 1. The van der Waals surface area contributed by atoms with Gasteiger partial charge in [0.05, 0.1) is 21.3 Å². The number of hydrogen-bond acceptors (Lipinski definition) is 6. The number of amides is 1. The van der Waals surface area contributed by atoms with E-state index in [-0.39, 0.29) is 12.2 Å². The van der Waals surface area contributed by atoms with Gasteiger partial charge in [-0.3, -0.25) is 24.3 Å². The van der Waals surface area contributed by atoms with E-state index in [0.29, 0.717) is 5.13 Å². The molecule has 8 nitrogen and oxygen atoms in total. The fourth-order valence-electron chi connectivity index (χ4n) is 1.99. The van der Waals surface area contributed by atoms with Crippen LogP contribution in [-0.2, 0) is 11.3 Å². The lowest BCUT2D eigenvalue weighted by molar-refractivity contribution is -0.385. The average Bonchev–Trinajstić information content (AvgIpc) is 2.91. The third-order valence-corrected chi connectivity index (χ3v) is 3.98. The van der Waals surface area contributed by atoms with Crippen molar-refractivity contribution in [3.8, 4) is 0 Å². The minimum atomic E-state index is -0.624. The Balaban J connectivity index is 1.78. The van der Waals surface area contributed by atoms with E-state index in [0.717, 1.165) is 33.1 Å². The highest BCUT2D eigenvalue weighted by Gasteiger charge is 2.12. The fourth-order valence-corrected chi connectivity index (χ4v) is 2.87. The molecule has 2 aromatic heterocycles. The number of nitro groups is 1. The van der Waals surface area contributed by atoms with Crippen LogP contribution in [0.25, 0.3) is 10.2 Å². The first-order valence-electron chi connectivity index (χ1n) is 6.53. The van der Waals surface area contributed by atoms with Crippen molar-refractivity contribution in [3.63, 3.8) is 0 Å². The van der Waals surface area contributed by atoms with E-state index in [1.54, 1.807) is 0 Å². The number of carbonyl (C=O) groups excluding carboxylic acids is 1. The van der Waals surface area contributed by atoms with Crippen molar-refractivity contribution >= 4 is 38.3 Å². The van der Waals surface area contributed by atoms with Gasteiger partial charge in [0.1, 0.15) is 6.54 Å². The minimum Gasteiger partial charge on any atom is -0.300 e. The van der Waals surface area contributed by atoms with Crippen LogP contribution in [0.4, 0.5) is 10.8 Å². The van der Waals surface area contributed by atoms with Crippen LogP contribution in [-0.4, -0.2) is 20.4 Å². The summed E-state index contributed by atoms with van der Waals surface area (Å²) in [7, 11) is 0. The molecule has 1 N–H and O–H groups in total. The van der Waals surface area contributed by atoms with Gasteiger partial charge in [-0.25, -0.2) is 4.98 Å². The molecule has 0 saturated carbocycles. The number of fused-ring (bicyclic) bond motifs is 1. The first-order valence-corrected chi connectivity index (χ1v) is 7.35. The van der Waals surface area contributed by atoms with Crippen molar-refractivity contribution in [1.82, 2.24) is 9.55 Å². The van der Waals surface area contributed by atoms with E-state index in [9.17, 15) is 19.7 Å². The molecule has 0 bridgehead atoms. The summed E-state index contributed by atoms with van der Waals surface area (Å²) >= 11 is 1.31. The summed E-state index contributed by atoms with van der Waals surface area (Å²) in [5.41, 5.74) is 0.0211. The van der Waals surface area contributed by atoms with Crippen LogP contribution in [0.3, 0.4) is 0 Å². The van der Waals surface area contributed by atoms with E-state index in [1.807, 2.05) is 24.3 Å². The van der Waals surface area contributed by atoms with Gasteiger partial charge in [0, 0.05) is 12.1 Å². The predicted molar refractivity (Wildman–Crippen MR) is 85.6 cm³/mol. The monoisotopic (exact) mass is 330 g/mol. The molecule has 0 aliphatic rings. The standard InChI is InChI=1S/C14H10N4O4S/c19-12(8-17-7-9(18(21)22)5-6-13(17)20)16-14-15-10-3-1-2-4-11(10)23-14/h1-7H,8H2,(H,15,16,19). The van der Waals surface area contributed by atoms with Gasteiger partial charge < -0.3 is 5.32 Å². The number of anilines is 1. The number of aromatic nitrogens is 2. The first kappa shape index (κ1) is 14.9. The number of carbonyl (C=O) groups is 1.